The third-order valence-electron chi connectivity index (χ3n) is 3.31. The summed E-state index contributed by atoms with van der Waals surface area (Å²) in [6.07, 6.45) is 1.65. The number of amides is 1. The highest BCUT2D eigenvalue weighted by atomic mass is 35.5. The molecule has 112 valence electrons. The minimum Gasteiger partial charge on any atom is -0.302 e. The molecule has 2 rings (SSSR count). The van der Waals surface area contributed by atoms with Crippen molar-refractivity contribution in [3.63, 3.8) is 0 Å². The zero-order valence-corrected chi connectivity index (χ0v) is 14.1. The number of nitrogens with zero attached hydrogens (tertiary/aromatic N) is 1. The molecule has 1 aromatic heterocycles. The first-order valence-corrected chi connectivity index (χ1v) is 8.40. The van der Waals surface area contributed by atoms with Gasteiger partial charge < -0.3 is 5.32 Å². The molecule has 0 aliphatic rings. The Morgan fingerprint density at radius 2 is 2.00 bits per heavy atom. The summed E-state index contributed by atoms with van der Waals surface area (Å²) in [5.41, 5.74) is 1.65. The van der Waals surface area contributed by atoms with Crippen molar-refractivity contribution in [2.75, 3.05) is 5.32 Å². The van der Waals surface area contributed by atoms with Gasteiger partial charge in [0.05, 0.1) is 15.7 Å². The van der Waals surface area contributed by atoms with E-state index >= 15 is 0 Å². The minimum atomic E-state index is 0.0232. The van der Waals surface area contributed by atoms with Crippen LogP contribution in [0.15, 0.2) is 23.6 Å². The molecule has 1 heterocycles. The maximum atomic E-state index is 12.0. The highest BCUT2D eigenvalue weighted by Crippen LogP contribution is 2.30. The molecule has 2 aromatic rings. The molecule has 0 radical (unpaired) electrons. The van der Waals surface area contributed by atoms with Crippen LogP contribution in [-0.2, 0) is 4.79 Å². The maximum Gasteiger partial charge on any atom is 0.229 e. The van der Waals surface area contributed by atoms with Gasteiger partial charge in [0.2, 0.25) is 5.91 Å². The SMILES string of the molecule is CCC(CC)C(=O)Nc1nc(-c2ccc(Cl)c(Cl)c2)cs1. The fourth-order valence-electron chi connectivity index (χ4n) is 1.99. The first kappa shape index (κ1) is 16.3. The molecule has 0 bridgehead atoms. The molecule has 0 unspecified atom stereocenters. The van der Waals surface area contributed by atoms with E-state index in [4.69, 9.17) is 23.2 Å². The highest BCUT2D eigenvalue weighted by molar-refractivity contribution is 7.14. The zero-order valence-electron chi connectivity index (χ0n) is 11.8. The predicted octanol–water partition coefficient (Wildman–Crippen LogP) is 5.49. The Kier molecular flexibility index (Phi) is 5.62. The summed E-state index contributed by atoms with van der Waals surface area (Å²) in [6.45, 7) is 4.02. The first-order chi connectivity index (χ1) is 10.0. The van der Waals surface area contributed by atoms with E-state index in [-0.39, 0.29) is 11.8 Å². The summed E-state index contributed by atoms with van der Waals surface area (Å²) in [5, 5.41) is 6.37. The van der Waals surface area contributed by atoms with Gasteiger partial charge >= 0.3 is 0 Å². The van der Waals surface area contributed by atoms with Gasteiger partial charge in [0.25, 0.3) is 0 Å². The number of anilines is 1. The fourth-order valence-corrected chi connectivity index (χ4v) is 3.01. The van der Waals surface area contributed by atoms with Crippen molar-refractivity contribution < 1.29 is 4.79 Å². The number of carbonyl (C=O) groups excluding carboxylic acids is 1. The van der Waals surface area contributed by atoms with Crippen molar-refractivity contribution in [2.45, 2.75) is 26.7 Å². The smallest absolute Gasteiger partial charge is 0.229 e. The van der Waals surface area contributed by atoms with Crippen molar-refractivity contribution >= 4 is 45.6 Å². The van der Waals surface area contributed by atoms with E-state index in [9.17, 15) is 4.79 Å². The molecule has 0 aliphatic heterocycles. The molecule has 6 heteroatoms. The Hall–Kier alpha value is -1.10. The topological polar surface area (TPSA) is 42.0 Å². The molecule has 0 saturated carbocycles. The Labute approximate surface area is 138 Å². The number of carbonyl (C=O) groups is 1. The lowest BCUT2D eigenvalue weighted by Gasteiger charge is -2.10. The average molecular weight is 343 g/mol. The molecule has 0 spiro atoms. The number of halogens is 2. The molecule has 1 amide bonds. The van der Waals surface area contributed by atoms with Gasteiger partial charge in [0.15, 0.2) is 5.13 Å². The molecule has 0 saturated heterocycles. The largest absolute Gasteiger partial charge is 0.302 e. The summed E-state index contributed by atoms with van der Waals surface area (Å²) >= 11 is 13.3. The second-order valence-electron chi connectivity index (χ2n) is 4.67. The molecule has 0 fully saturated rings. The lowest BCUT2D eigenvalue weighted by molar-refractivity contribution is -0.120. The van der Waals surface area contributed by atoms with Crippen LogP contribution in [0.3, 0.4) is 0 Å². The summed E-state index contributed by atoms with van der Waals surface area (Å²) < 4.78 is 0. The number of thiazole rings is 1. The number of rotatable bonds is 5. The van der Waals surface area contributed by atoms with Gasteiger partial charge in [0.1, 0.15) is 0 Å². The number of hydrogen-bond acceptors (Lipinski definition) is 3. The van der Waals surface area contributed by atoms with Crippen LogP contribution >= 0.6 is 34.5 Å². The monoisotopic (exact) mass is 342 g/mol. The molecule has 3 nitrogen and oxygen atoms in total. The van der Waals surface area contributed by atoms with Crippen LogP contribution in [0.25, 0.3) is 11.3 Å². The summed E-state index contributed by atoms with van der Waals surface area (Å²) in [4.78, 5) is 16.5. The Morgan fingerprint density at radius 3 is 2.62 bits per heavy atom. The zero-order chi connectivity index (χ0) is 15.4. The number of benzene rings is 1. The Morgan fingerprint density at radius 1 is 1.29 bits per heavy atom. The second kappa shape index (κ2) is 7.25. The van der Waals surface area contributed by atoms with Crippen LogP contribution in [0, 0.1) is 5.92 Å². The third kappa shape index (κ3) is 3.96. The maximum absolute atomic E-state index is 12.0. The predicted molar refractivity (Wildman–Crippen MR) is 90.3 cm³/mol. The van der Waals surface area contributed by atoms with Crippen molar-refractivity contribution in [3.05, 3.63) is 33.6 Å². The average Bonchev–Trinajstić information content (AvgIpc) is 2.91. The minimum absolute atomic E-state index is 0.0232. The van der Waals surface area contributed by atoms with E-state index in [1.165, 1.54) is 11.3 Å². The quantitative estimate of drug-likeness (QED) is 0.780. The lowest BCUT2D eigenvalue weighted by Crippen LogP contribution is -2.21. The van der Waals surface area contributed by atoms with Gasteiger partial charge in [-0.2, -0.15) is 0 Å². The van der Waals surface area contributed by atoms with Crippen LogP contribution < -0.4 is 5.32 Å². The van der Waals surface area contributed by atoms with E-state index < -0.39 is 0 Å². The van der Waals surface area contributed by atoms with E-state index in [2.05, 4.69) is 10.3 Å². The van der Waals surface area contributed by atoms with E-state index in [0.29, 0.717) is 15.2 Å². The number of nitrogens with one attached hydrogen (secondary N) is 1. The van der Waals surface area contributed by atoms with Crippen molar-refractivity contribution in [1.82, 2.24) is 4.98 Å². The van der Waals surface area contributed by atoms with Crippen LogP contribution in [-0.4, -0.2) is 10.9 Å². The van der Waals surface area contributed by atoms with Crippen LogP contribution in [0.2, 0.25) is 10.0 Å². The van der Waals surface area contributed by atoms with Crippen LogP contribution in [0.5, 0.6) is 0 Å². The summed E-state index contributed by atoms with van der Waals surface area (Å²) in [7, 11) is 0. The van der Waals surface area contributed by atoms with Gasteiger partial charge in [-0.15, -0.1) is 11.3 Å². The van der Waals surface area contributed by atoms with E-state index in [1.54, 1.807) is 12.1 Å². The van der Waals surface area contributed by atoms with Crippen molar-refractivity contribution in [3.8, 4) is 11.3 Å². The van der Waals surface area contributed by atoms with Gasteiger partial charge in [-0.1, -0.05) is 43.1 Å². The standard InChI is InChI=1S/C15H16Cl2N2OS/c1-3-9(4-2)14(20)19-15-18-13(8-21-15)10-5-6-11(16)12(17)7-10/h5-9H,3-4H2,1-2H3,(H,18,19,20). The van der Waals surface area contributed by atoms with E-state index in [0.717, 1.165) is 24.1 Å². The molecule has 1 N–H and O–H groups in total. The van der Waals surface area contributed by atoms with E-state index in [1.807, 2.05) is 25.3 Å². The first-order valence-electron chi connectivity index (χ1n) is 6.77. The van der Waals surface area contributed by atoms with Crippen LogP contribution in [0.1, 0.15) is 26.7 Å². The molecule has 21 heavy (non-hydrogen) atoms. The summed E-state index contributed by atoms with van der Waals surface area (Å²) in [5.74, 6) is 0.0531. The van der Waals surface area contributed by atoms with Gasteiger partial charge in [0, 0.05) is 16.9 Å². The third-order valence-corrected chi connectivity index (χ3v) is 4.80. The lowest BCUT2D eigenvalue weighted by atomic mass is 10.0. The van der Waals surface area contributed by atoms with Gasteiger partial charge in [-0.3, -0.25) is 4.79 Å². The molecular weight excluding hydrogens is 327 g/mol. The van der Waals surface area contributed by atoms with Gasteiger partial charge in [-0.25, -0.2) is 4.98 Å². The Balaban J connectivity index is 2.14. The molecule has 0 aliphatic carbocycles. The molecular formula is C15H16Cl2N2OS. The van der Waals surface area contributed by atoms with Crippen molar-refractivity contribution in [1.29, 1.82) is 0 Å². The normalized spacial score (nSPS) is 10.9. The summed E-state index contributed by atoms with van der Waals surface area (Å²) in [6, 6.07) is 5.36. The number of hydrogen-bond donors (Lipinski definition) is 1. The van der Waals surface area contributed by atoms with Crippen molar-refractivity contribution in [2.24, 2.45) is 5.92 Å². The number of aromatic nitrogens is 1. The second-order valence-corrected chi connectivity index (χ2v) is 6.34. The highest BCUT2D eigenvalue weighted by Gasteiger charge is 2.16. The molecule has 0 atom stereocenters. The van der Waals surface area contributed by atoms with Crippen LogP contribution in [0.4, 0.5) is 5.13 Å². The fraction of sp³-hybridized carbons (Fsp3) is 0.333. The van der Waals surface area contributed by atoms with Gasteiger partial charge in [-0.05, 0) is 25.0 Å². The Bertz CT molecular complexity index is 638. The molecule has 1 aromatic carbocycles.